The molecule has 1 saturated heterocycles. The SMILES string of the molecule is CCCN(CCC1CCCCN1C)c1ccccc1N. The summed E-state index contributed by atoms with van der Waals surface area (Å²) in [6.45, 7) is 5.69. The average molecular weight is 275 g/mol. The highest BCUT2D eigenvalue weighted by Crippen LogP contribution is 2.24. The number of hydrogen-bond donors (Lipinski definition) is 1. The molecule has 2 rings (SSSR count). The van der Waals surface area contributed by atoms with Crippen LogP contribution in [-0.2, 0) is 0 Å². The van der Waals surface area contributed by atoms with Gasteiger partial charge in [0.1, 0.15) is 0 Å². The van der Waals surface area contributed by atoms with Gasteiger partial charge in [0.25, 0.3) is 0 Å². The molecule has 1 atom stereocenters. The molecule has 1 aliphatic rings. The van der Waals surface area contributed by atoms with Gasteiger partial charge in [-0.2, -0.15) is 0 Å². The van der Waals surface area contributed by atoms with Crippen molar-refractivity contribution in [2.24, 2.45) is 0 Å². The maximum atomic E-state index is 6.14. The molecule has 0 amide bonds. The van der Waals surface area contributed by atoms with Crippen LogP contribution in [0.25, 0.3) is 0 Å². The average Bonchev–Trinajstić information content (AvgIpc) is 2.46. The van der Waals surface area contributed by atoms with Crippen molar-refractivity contribution in [2.75, 3.05) is 37.3 Å². The molecular weight excluding hydrogens is 246 g/mol. The Balaban J connectivity index is 1.97. The van der Waals surface area contributed by atoms with Gasteiger partial charge in [-0.05, 0) is 51.4 Å². The van der Waals surface area contributed by atoms with Crippen molar-refractivity contribution in [1.82, 2.24) is 4.90 Å². The van der Waals surface area contributed by atoms with E-state index in [2.05, 4.69) is 35.9 Å². The first-order chi connectivity index (χ1) is 9.72. The smallest absolute Gasteiger partial charge is 0.0599 e. The summed E-state index contributed by atoms with van der Waals surface area (Å²) in [4.78, 5) is 4.99. The molecule has 112 valence electrons. The summed E-state index contributed by atoms with van der Waals surface area (Å²) in [5.41, 5.74) is 8.24. The first kappa shape index (κ1) is 15.2. The zero-order chi connectivity index (χ0) is 14.4. The Kier molecular flexibility index (Phi) is 5.72. The lowest BCUT2D eigenvalue weighted by Crippen LogP contribution is -2.39. The molecule has 1 aromatic rings. The number of rotatable bonds is 6. The third-order valence-corrected chi connectivity index (χ3v) is 4.42. The van der Waals surface area contributed by atoms with Crippen LogP contribution in [0.15, 0.2) is 24.3 Å². The van der Waals surface area contributed by atoms with Crippen molar-refractivity contribution >= 4 is 11.4 Å². The Bertz CT molecular complexity index is 405. The van der Waals surface area contributed by atoms with Crippen molar-refractivity contribution in [3.8, 4) is 0 Å². The molecule has 0 saturated carbocycles. The molecule has 1 heterocycles. The highest BCUT2D eigenvalue weighted by molar-refractivity contribution is 5.67. The van der Waals surface area contributed by atoms with Crippen LogP contribution in [-0.4, -0.2) is 37.6 Å². The fraction of sp³-hybridized carbons (Fsp3) is 0.647. The van der Waals surface area contributed by atoms with E-state index in [9.17, 15) is 0 Å². The van der Waals surface area contributed by atoms with Crippen LogP contribution < -0.4 is 10.6 Å². The van der Waals surface area contributed by atoms with Crippen molar-refractivity contribution in [3.05, 3.63) is 24.3 Å². The van der Waals surface area contributed by atoms with E-state index in [4.69, 9.17) is 5.73 Å². The number of piperidine rings is 1. The minimum Gasteiger partial charge on any atom is -0.397 e. The molecule has 3 nitrogen and oxygen atoms in total. The van der Waals surface area contributed by atoms with E-state index in [1.807, 2.05) is 12.1 Å². The van der Waals surface area contributed by atoms with Crippen molar-refractivity contribution in [3.63, 3.8) is 0 Å². The molecule has 0 radical (unpaired) electrons. The number of nitrogens with zero attached hydrogens (tertiary/aromatic N) is 2. The monoisotopic (exact) mass is 275 g/mol. The van der Waals surface area contributed by atoms with E-state index in [1.165, 1.54) is 37.9 Å². The van der Waals surface area contributed by atoms with Crippen LogP contribution >= 0.6 is 0 Å². The van der Waals surface area contributed by atoms with E-state index in [0.717, 1.165) is 31.2 Å². The Morgan fingerprint density at radius 2 is 2.05 bits per heavy atom. The Morgan fingerprint density at radius 3 is 2.75 bits per heavy atom. The Labute approximate surface area is 123 Å². The summed E-state index contributed by atoms with van der Waals surface area (Å²) in [6, 6.07) is 8.99. The summed E-state index contributed by atoms with van der Waals surface area (Å²) in [5, 5.41) is 0. The van der Waals surface area contributed by atoms with Crippen molar-refractivity contribution < 1.29 is 0 Å². The summed E-state index contributed by atoms with van der Waals surface area (Å²) in [5.74, 6) is 0. The highest BCUT2D eigenvalue weighted by Gasteiger charge is 2.20. The van der Waals surface area contributed by atoms with E-state index >= 15 is 0 Å². The number of benzene rings is 1. The van der Waals surface area contributed by atoms with Gasteiger partial charge in [-0.25, -0.2) is 0 Å². The normalized spacial score (nSPS) is 20.0. The molecule has 0 spiro atoms. The van der Waals surface area contributed by atoms with Crippen molar-refractivity contribution in [2.45, 2.75) is 45.1 Å². The summed E-state index contributed by atoms with van der Waals surface area (Å²) < 4.78 is 0. The van der Waals surface area contributed by atoms with E-state index in [0.29, 0.717) is 0 Å². The van der Waals surface area contributed by atoms with Gasteiger partial charge in [0.05, 0.1) is 11.4 Å². The molecule has 0 aromatic heterocycles. The molecule has 20 heavy (non-hydrogen) atoms. The molecule has 0 aliphatic carbocycles. The van der Waals surface area contributed by atoms with Crippen LogP contribution in [0.1, 0.15) is 39.0 Å². The van der Waals surface area contributed by atoms with Gasteiger partial charge in [-0.15, -0.1) is 0 Å². The van der Waals surface area contributed by atoms with Crippen LogP contribution in [0.5, 0.6) is 0 Å². The molecule has 1 fully saturated rings. The number of hydrogen-bond acceptors (Lipinski definition) is 3. The summed E-state index contributed by atoms with van der Waals surface area (Å²) in [6.07, 6.45) is 6.49. The van der Waals surface area contributed by atoms with Gasteiger partial charge in [0.2, 0.25) is 0 Å². The molecule has 0 bridgehead atoms. The third-order valence-electron chi connectivity index (χ3n) is 4.42. The second-order valence-electron chi connectivity index (χ2n) is 5.96. The van der Waals surface area contributed by atoms with Crippen LogP contribution in [0.4, 0.5) is 11.4 Å². The first-order valence-electron chi connectivity index (χ1n) is 8.02. The lowest BCUT2D eigenvalue weighted by molar-refractivity contribution is 0.177. The van der Waals surface area contributed by atoms with Gasteiger partial charge < -0.3 is 15.5 Å². The number of para-hydroxylation sites is 2. The number of nitrogen functional groups attached to an aromatic ring is 1. The Morgan fingerprint density at radius 1 is 1.25 bits per heavy atom. The minimum atomic E-state index is 0.744. The number of anilines is 2. The summed E-state index contributed by atoms with van der Waals surface area (Å²) >= 11 is 0. The fourth-order valence-electron chi connectivity index (χ4n) is 3.21. The Hall–Kier alpha value is -1.22. The zero-order valence-electron chi connectivity index (χ0n) is 13.0. The third kappa shape index (κ3) is 3.89. The molecule has 1 unspecified atom stereocenters. The number of likely N-dealkylation sites (tertiary alicyclic amines) is 1. The highest BCUT2D eigenvalue weighted by atomic mass is 15.2. The molecule has 1 aromatic carbocycles. The standard InChI is InChI=1S/C17H29N3/c1-3-12-20(17-10-5-4-9-16(17)18)14-11-15-8-6-7-13-19(15)2/h4-5,9-10,15H,3,6-8,11-14,18H2,1-2H3. The lowest BCUT2D eigenvalue weighted by atomic mass is 10.00. The fourth-order valence-corrected chi connectivity index (χ4v) is 3.21. The van der Waals surface area contributed by atoms with E-state index in [1.54, 1.807) is 0 Å². The second kappa shape index (κ2) is 7.53. The predicted octanol–water partition coefficient (Wildman–Crippen LogP) is 3.36. The van der Waals surface area contributed by atoms with Crippen LogP contribution in [0.3, 0.4) is 0 Å². The number of nitrogens with two attached hydrogens (primary N) is 1. The maximum Gasteiger partial charge on any atom is 0.0599 e. The molecule has 1 aliphatic heterocycles. The largest absolute Gasteiger partial charge is 0.397 e. The quantitative estimate of drug-likeness (QED) is 0.808. The van der Waals surface area contributed by atoms with E-state index in [-0.39, 0.29) is 0 Å². The predicted molar refractivity (Wildman–Crippen MR) is 88.2 cm³/mol. The van der Waals surface area contributed by atoms with Gasteiger partial charge >= 0.3 is 0 Å². The zero-order valence-corrected chi connectivity index (χ0v) is 13.0. The second-order valence-corrected chi connectivity index (χ2v) is 5.96. The van der Waals surface area contributed by atoms with Crippen LogP contribution in [0.2, 0.25) is 0 Å². The minimum absolute atomic E-state index is 0.744. The summed E-state index contributed by atoms with van der Waals surface area (Å²) in [7, 11) is 2.27. The maximum absolute atomic E-state index is 6.14. The van der Waals surface area contributed by atoms with Gasteiger partial charge in [0, 0.05) is 19.1 Å². The lowest BCUT2D eigenvalue weighted by Gasteiger charge is -2.35. The van der Waals surface area contributed by atoms with Gasteiger partial charge in [-0.1, -0.05) is 25.5 Å². The topological polar surface area (TPSA) is 32.5 Å². The van der Waals surface area contributed by atoms with Crippen molar-refractivity contribution in [1.29, 1.82) is 0 Å². The van der Waals surface area contributed by atoms with Crippen LogP contribution in [0, 0.1) is 0 Å². The molecule has 3 heteroatoms. The van der Waals surface area contributed by atoms with Gasteiger partial charge in [-0.3, -0.25) is 0 Å². The van der Waals surface area contributed by atoms with E-state index < -0.39 is 0 Å². The molecule has 2 N–H and O–H groups in total. The molecular formula is C17H29N3. The first-order valence-corrected chi connectivity index (χ1v) is 8.02. The van der Waals surface area contributed by atoms with Gasteiger partial charge in [0.15, 0.2) is 0 Å².